The zero-order valence-electron chi connectivity index (χ0n) is 14.2. The predicted molar refractivity (Wildman–Crippen MR) is 89.9 cm³/mol. The van der Waals surface area contributed by atoms with E-state index in [0.717, 1.165) is 31.4 Å². The van der Waals surface area contributed by atoms with Crippen LogP contribution in [0.2, 0.25) is 0 Å². The van der Waals surface area contributed by atoms with Gasteiger partial charge in [-0.15, -0.1) is 0 Å². The molecule has 130 valence electrons. The lowest BCUT2D eigenvalue weighted by Gasteiger charge is -2.25. The Morgan fingerprint density at radius 2 is 2.17 bits per heavy atom. The molecule has 0 radical (unpaired) electrons. The van der Waals surface area contributed by atoms with Crippen molar-refractivity contribution in [2.75, 3.05) is 26.4 Å². The molecular formula is C19H25NO4. The van der Waals surface area contributed by atoms with Gasteiger partial charge < -0.3 is 14.4 Å². The summed E-state index contributed by atoms with van der Waals surface area (Å²) in [7, 11) is 0. The molecule has 2 atom stereocenters. The zero-order chi connectivity index (χ0) is 16.9. The van der Waals surface area contributed by atoms with Gasteiger partial charge in [0.05, 0.1) is 13.2 Å². The fraction of sp³-hybridized carbons (Fsp3) is 0.579. The molecule has 2 aliphatic heterocycles. The van der Waals surface area contributed by atoms with Gasteiger partial charge in [-0.1, -0.05) is 12.1 Å². The smallest absolute Gasteiger partial charge is 0.328 e. The molecule has 0 aromatic heterocycles. The van der Waals surface area contributed by atoms with Crippen LogP contribution in [0.5, 0.6) is 0 Å². The number of hydrogen-bond acceptors (Lipinski definition) is 4. The quantitative estimate of drug-likeness (QED) is 0.796. The molecular weight excluding hydrogens is 306 g/mol. The molecule has 0 N–H and O–H groups in total. The van der Waals surface area contributed by atoms with Gasteiger partial charge in [-0.3, -0.25) is 4.79 Å². The van der Waals surface area contributed by atoms with Crippen LogP contribution >= 0.6 is 0 Å². The van der Waals surface area contributed by atoms with Gasteiger partial charge >= 0.3 is 5.97 Å². The minimum absolute atomic E-state index is 0.0795. The van der Waals surface area contributed by atoms with Crippen molar-refractivity contribution in [3.63, 3.8) is 0 Å². The second-order valence-electron chi connectivity index (χ2n) is 6.45. The highest BCUT2D eigenvalue weighted by Crippen LogP contribution is 2.27. The summed E-state index contributed by atoms with van der Waals surface area (Å²) >= 11 is 0. The van der Waals surface area contributed by atoms with Crippen molar-refractivity contribution in [1.82, 2.24) is 4.90 Å². The first-order valence-electron chi connectivity index (χ1n) is 8.86. The van der Waals surface area contributed by atoms with Crippen LogP contribution in [-0.2, 0) is 14.3 Å². The summed E-state index contributed by atoms with van der Waals surface area (Å²) in [5.41, 5.74) is 1.79. The van der Waals surface area contributed by atoms with E-state index in [4.69, 9.17) is 9.47 Å². The molecule has 2 fully saturated rings. The monoisotopic (exact) mass is 331 g/mol. The number of esters is 1. The molecule has 2 heterocycles. The number of hydrogen-bond donors (Lipinski definition) is 0. The van der Waals surface area contributed by atoms with Crippen molar-refractivity contribution >= 4 is 11.9 Å². The minimum Gasteiger partial charge on any atom is -0.464 e. The topological polar surface area (TPSA) is 55.8 Å². The van der Waals surface area contributed by atoms with E-state index in [-0.39, 0.29) is 11.9 Å². The second-order valence-corrected chi connectivity index (χ2v) is 6.45. The molecule has 1 aromatic carbocycles. The largest absolute Gasteiger partial charge is 0.464 e. The summed E-state index contributed by atoms with van der Waals surface area (Å²) in [6.45, 7) is 4.28. The molecule has 2 aliphatic rings. The summed E-state index contributed by atoms with van der Waals surface area (Å²) < 4.78 is 10.7. The number of amides is 1. The SMILES string of the molecule is CCOC(=O)[C@H]1CCCN1C(=O)c1cccc([C@H]2CCCOC2)c1. The van der Waals surface area contributed by atoms with Gasteiger partial charge in [0.25, 0.3) is 5.91 Å². The third-order valence-electron chi connectivity index (χ3n) is 4.84. The lowest BCUT2D eigenvalue weighted by Crippen LogP contribution is -2.41. The van der Waals surface area contributed by atoms with Crippen LogP contribution in [0.15, 0.2) is 24.3 Å². The Hall–Kier alpha value is -1.88. The van der Waals surface area contributed by atoms with Crippen LogP contribution in [0.4, 0.5) is 0 Å². The van der Waals surface area contributed by atoms with E-state index in [2.05, 4.69) is 6.07 Å². The number of carbonyl (C=O) groups is 2. The Labute approximate surface area is 142 Å². The van der Waals surface area contributed by atoms with E-state index < -0.39 is 6.04 Å². The minimum atomic E-state index is -0.445. The van der Waals surface area contributed by atoms with Gasteiger partial charge in [-0.25, -0.2) is 4.79 Å². The van der Waals surface area contributed by atoms with Gasteiger partial charge in [0.2, 0.25) is 0 Å². The average molecular weight is 331 g/mol. The van der Waals surface area contributed by atoms with Crippen molar-refractivity contribution in [3.8, 4) is 0 Å². The molecule has 1 aromatic rings. The van der Waals surface area contributed by atoms with Crippen molar-refractivity contribution < 1.29 is 19.1 Å². The highest BCUT2D eigenvalue weighted by molar-refractivity contribution is 5.97. The standard InChI is InChI=1S/C19H25NO4/c1-2-24-19(22)17-9-4-10-20(17)18(21)15-7-3-6-14(12-15)16-8-5-11-23-13-16/h3,6-7,12,16-17H,2,4-5,8-11,13H2,1H3/t16-,17+/m0/s1. The summed E-state index contributed by atoms with van der Waals surface area (Å²) in [5.74, 6) is -0.0183. The van der Waals surface area contributed by atoms with E-state index in [1.54, 1.807) is 11.8 Å². The van der Waals surface area contributed by atoms with E-state index in [1.165, 1.54) is 0 Å². The van der Waals surface area contributed by atoms with Crippen molar-refractivity contribution in [1.29, 1.82) is 0 Å². The number of ether oxygens (including phenoxy) is 2. The van der Waals surface area contributed by atoms with Crippen molar-refractivity contribution in [3.05, 3.63) is 35.4 Å². The normalized spacial score (nSPS) is 24.0. The number of benzene rings is 1. The Kier molecular flexibility index (Phi) is 5.51. The third-order valence-corrected chi connectivity index (χ3v) is 4.84. The highest BCUT2D eigenvalue weighted by Gasteiger charge is 2.35. The zero-order valence-corrected chi connectivity index (χ0v) is 14.2. The van der Waals surface area contributed by atoms with Crippen LogP contribution in [0.3, 0.4) is 0 Å². The van der Waals surface area contributed by atoms with Gasteiger partial charge in [0, 0.05) is 24.6 Å². The van der Waals surface area contributed by atoms with Crippen molar-refractivity contribution in [2.45, 2.75) is 44.6 Å². The maximum absolute atomic E-state index is 12.9. The predicted octanol–water partition coefficient (Wildman–Crippen LogP) is 2.75. The van der Waals surface area contributed by atoms with Gasteiger partial charge in [-0.2, -0.15) is 0 Å². The molecule has 0 aliphatic carbocycles. The lowest BCUT2D eigenvalue weighted by atomic mass is 9.92. The first-order chi connectivity index (χ1) is 11.7. The van der Waals surface area contributed by atoms with Crippen LogP contribution in [0, 0.1) is 0 Å². The van der Waals surface area contributed by atoms with Crippen LogP contribution in [-0.4, -0.2) is 49.2 Å². The maximum Gasteiger partial charge on any atom is 0.328 e. The van der Waals surface area contributed by atoms with Gasteiger partial charge in [-0.05, 0) is 50.3 Å². The number of rotatable bonds is 4. The van der Waals surface area contributed by atoms with Gasteiger partial charge in [0.15, 0.2) is 0 Å². The molecule has 0 bridgehead atoms. The van der Waals surface area contributed by atoms with Crippen LogP contribution < -0.4 is 0 Å². The first-order valence-corrected chi connectivity index (χ1v) is 8.86. The number of likely N-dealkylation sites (tertiary alicyclic amines) is 1. The highest BCUT2D eigenvalue weighted by atomic mass is 16.5. The first kappa shape index (κ1) is 17.0. The van der Waals surface area contributed by atoms with E-state index in [1.807, 2.05) is 18.2 Å². The summed E-state index contributed by atoms with van der Waals surface area (Å²) in [6, 6.07) is 7.33. The molecule has 0 unspecified atom stereocenters. The molecule has 3 rings (SSSR count). The molecule has 1 amide bonds. The summed E-state index contributed by atoms with van der Waals surface area (Å²) in [4.78, 5) is 26.6. The Bertz CT molecular complexity index is 595. The van der Waals surface area contributed by atoms with E-state index in [9.17, 15) is 9.59 Å². The fourth-order valence-electron chi connectivity index (χ4n) is 3.59. The van der Waals surface area contributed by atoms with Gasteiger partial charge in [0.1, 0.15) is 6.04 Å². The fourth-order valence-corrected chi connectivity index (χ4v) is 3.59. The molecule has 24 heavy (non-hydrogen) atoms. The van der Waals surface area contributed by atoms with Crippen molar-refractivity contribution in [2.24, 2.45) is 0 Å². The lowest BCUT2D eigenvalue weighted by molar-refractivity contribution is -0.147. The van der Waals surface area contributed by atoms with E-state index in [0.29, 0.717) is 37.7 Å². The Morgan fingerprint density at radius 3 is 2.92 bits per heavy atom. The molecule has 5 nitrogen and oxygen atoms in total. The molecule has 5 heteroatoms. The summed E-state index contributed by atoms with van der Waals surface area (Å²) in [5, 5.41) is 0. The Morgan fingerprint density at radius 1 is 1.29 bits per heavy atom. The Balaban J connectivity index is 1.75. The molecule has 0 spiro atoms. The van der Waals surface area contributed by atoms with E-state index >= 15 is 0 Å². The van der Waals surface area contributed by atoms with Crippen LogP contribution in [0.25, 0.3) is 0 Å². The molecule has 2 saturated heterocycles. The maximum atomic E-state index is 12.9. The van der Waals surface area contributed by atoms with Crippen LogP contribution in [0.1, 0.15) is 54.4 Å². The third kappa shape index (κ3) is 3.61. The molecule has 0 saturated carbocycles. The number of carbonyl (C=O) groups excluding carboxylic acids is 2. The second kappa shape index (κ2) is 7.79. The summed E-state index contributed by atoms with van der Waals surface area (Å²) in [6.07, 6.45) is 3.67. The average Bonchev–Trinajstić information content (AvgIpc) is 3.12. The number of nitrogens with zero attached hydrogens (tertiary/aromatic N) is 1.